The quantitative estimate of drug-likeness (QED) is 0.684. The van der Waals surface area contributed by atoms with Crippen LogP contribution in [-0.2, 0) is 6.18 Å². The van der Waals surface area contributed by atoms with Gasteiger partial charge >= 0.3 is 6.18 Å². The van der Waals surface area contributed by atoms with Gasteiger partial charge in [-0.05, 0) is 41.7 Å². The van der Waals surface area contributed by atoms with E-state index in [0.29, 0.717) is 5.56 Å². The van der Waals surface area contributed by atoms with Crippen LogP contribution < -0.4 is 4.74 Å². The molecule has 123 valence electrons. The lowest BCUT2D eigenvalue weighted by Gasteiger charge is -2.16. The molecule has 2 aromatic carbocycles. The molecule has 0 atom stereocenters. The first-order valence-corrected chi connectivity index (χ1v) is 7.62. The third-order valence-corrected chi connectivity index (χ3v) is 3.75. The summed E-state index contributed by atoms with van der Waals surface area (Å²) in [6.45, 7) is 0.256. The van der Waals surface area contributed by atoms with Crippen molar-refractivity contribution in [3.8, 4) is 16.9 Å². The number of alkyl halides is 3. The van der Waals surface area contributed by atoms with Crippen molar-refractivity contribution in [2.45, 2.75) is 12.6 Å². The lowest BCUT2D eigenvalue weighted by Crippen LogP contribution is -2.08. The Morgan fingerprint density at radius 1 is 1.00 bits per heavy atom. The van der Waals surface area contributed by atoms with Gasteiger partial charge in [0.1, 0.15) is 12.4 Å². The maximum Gasteiger partial charge on any atom is 0.417 e. The van der Waals surface area contributed by atoms with E-state index in [1.165, 1.54) is 6.07 Å². The van der Waals surface area contributed by atoms with Crippen molar-refractivity contribution in [3.05, 3.63) is 84.3 Å². The van der Waals surface area contributed by atoms with Crippen LogP contribution in [-0.4, -0.2) is 6.61 Å². The van der Waals surface area contributed by atoms with Gasteiger partial charge < -0.3 is 4.74 Å². The Morgan fingerprint density at radius 3 is 2.46 bits per heavy atom. The lowest BCUT2D eigenvalue weighted by molar-refractivity contribution is -0.137. The molecule has 24 heavy (non-hydrogen) atoms. The number of benzene rings is 2. The predicted molar refractivity (Wildman–Crippen MR) is 88.5 cm³/mol. The summed E-state index contributed by atoms with van der Waals surface area (Å²) in [5.74, 6) is 0.214. The van der Waals surface area contributed by atoms with Crippen LogP contribution in [0.15, 0.2) is 72.3 Å². The van der Waals surface area contributed by atoms with Gasteiger partial charge in [0.05, 0.1) is 5.56 Å². The molecular weight excluding hydrogens is 313 g/mol. The van der Waals surface area contributed by atoms with Gasteiger partial charge in [0, 0.05) is 0 Å². The second-order valence-corrected chi connectivity index (χ2v) is 5.47. The van der Waals surface area contributed by atoms with Gasteiger partial charge in [-0.25, -0.2) is 0 Å². The van der Waals surface area contributed by atoms with E-state index in [9.17, 15) is 13.2 Å². The third kappa shape index (κ3) is 3.88. The zero-order valence-electron chi connectivity index (χ0n) is 12.9. The van der Waals surface area contributed by atoms with E-state index in [2.05, 4.69) is 0 Å². The number of hydrogen-bond donors (Lipinski definition) is 0. The van der Waals surface area contributed by atoms with Crippen molar-refractivity contribution in [2.24, 2.45) is 0 Å². The number of ether oxygens (including phenoxy) is 1. The van der Waals surface area contributed by atoms with E-state index in [0.717, 1.165) is 18.1 Å². The van der Waals surface area contributed by atoms with Gasteiger partial charge in [-0.3, -0.25) is 0 Å². The van der Waals surface area contributed by atoms with Crippen LogP contribution in [0.2, 0.25) is 0 Å². The average molecular weight is 329 g/mol. The van der Waals surface area contributed by atoms with E-state index in [1.54, 1.807) is 36.4 Å². The summed E-state index contributed by atoms with van der Waals surface area (Å²) in [4.78, 5) is 0. The van der Waals surface area contributed by atoms with Crippen molar-refractivity contribution < 1.29 is 17.9 Å². The van der Waals surface area contributed by atoms with E-state index in [-0.39, 0.29) is 17.9 Å². The Bertz CT molecular complexity index is 758. The van der Waals surface area contributed by atoms with Crippen LogP contribution in [0.3, 0.4) is 0 Å². The molecule has 0 N–H and O–H groups in total. The summed E-state index contributed by atoms with van der Waals surface area (Å²) in [7, 11) is 0. The molecule has 0 saturated carbocycles. The highest BCUT2D eigenvalue weighted by Crippen LogP contribution is 2.39. The molecule has 0 aliphatic heterocycles. The Morgan fingerprint density at radius 2 is 1.79 bits per heavy atom. The minimum Gasteiger partial charge on any atom is -0.489 e. The molecule has 2 aromatic rings. The molecule has 3 rings (SSSR count). The van der Waals surface area contributed by atoms with Crippen molar-refractivity contribution in [1.82, 2.24) is 0 Å². The largest absolute Gasteiger partial charge is 0.489 e. The molecule has 0 heterocycles. The van der Waals surface area contributed by atoms with Crippen molar-refractivity contribution in [1.29, 1.82) is 0 Å². The number of allylic oxidation sites excluding steroid dienone is 2. The normalized spacial score (nSPS) is 14.4. The molecule has 0 unspecified atom stereocenters. The minimum atomic E-state index is -4.44. The molecule has 4 heteroatoms. The molecule has 0 amide bonds. The molecule has 0 fully saturated rings. The fourth-order valence-electron chi connectivity index (χ4n) is 2.55. The molecule has 0 spiro atoms. The van der Waals surface area contributed by atoms with Crippen LogP contribution in [0.1, 0.15) is 12.0 Å². The fraction of sp³-hybridized carbons (Fsp3) is 0.150. The van der Waals surface area contributed by atoms with Gasteiger partial charge in [-0.1, -0.05) is 54.6 Å². The summed E-state index contributed by atoms with van der Waals surface area (Å²) >= 11 is 0. The van der Waals surface area contributed by atoms with Crippen molar-refractivity contribution >= 4 is 0 Å². The summed E-state index contributed by atoms with van der Waals surface area (Å²) in [6.07, 6.45) is 4.17. The summed E-state index contributed by atoms with van der Waals surface area (Å²) in [5, 5.41) is 0. The Labute approximate surface area is 139 Å². The fourth-order valence-corrected chi connectivity index (χ4v) is 2.55. The molecule has 0 bridgehead atoms. The predicted octanol–water partition coefficient (Wildman–Crippen LogP) is 5.84. The average Bonchev–Trinajstić information content (AvgIpc) is 2.61. The first-order valence-electron chi connectivity index (χ1n) is 7.62. The van der Waals surface area contributed by atoms with Crippen LogP contribution in [0, 0.1) is 6.42 Å². The topological polar surface area (TPSA) is 9.23 Å². The highest BCUT2D eigenvalue weighted by atomic mass is 19.4. The highest BCUT2D eigenvalue weighted by Gasteiger charge is 2.34. The van der Waals surface area contributed by atoms with E-state index in [1.807, 2.05) is 24.6 Å². The summed E-state index contributed by atoms with van der Waals surface area (Å²) in [6, 6.07) is 12.7. The van der Waals surface area contributed by atoms with E-state index >= 15 is 0 Å². The SMILES string of the molecule is FC(F)(F)c1cc(OCC2=CC[CH]C=C2)ccc1-c1ccccc1. The van der Waals surface area contributed by atoms with Gasteiger partial charge in [-0.15, -0.1) is 0 Å². The van der Waals surface area contributed by atoms with Gasteiger partial charge in [0.2, 0.25) is 0 Å². The second-order valence-electron chi connectivity index (χ2n) is 5.47. The second kappa shape index (κ2) is 6.95. The monoisotopic (exact) mass is 329 g/mol. The zero-order valence-corrected chi connectivity index (χ0v) is 12.9. The van der Waals surface area contributed by atoms with Crippen molar-refractivity contribution in [2.75, 3.05) is 6.61 Å². The summed E-state index contributed by atoms with van der Waals surface area (Å²) < 4.78 is 45.8. The summed E-state index contributed by atoms with van der Waals surface area (Å²) in [5.41, 5.74) is 0.956. The standard InChI is InChI=1S/C20H16F3O/c21-20(22,23)19-13-17(24-14-15-7-3-1-4-8-15)11-12-18(19)16-9-5-2-6-10-16/h1-3,5-13H,4,14H2. The Balaban J connectivity index is 1.87. The maximum atomic E-state index is 13.4. The smallest absolute Gasteiger partial charge is 0.417 e. The van der Waals surface area contributed by atoms with Crippen molar-refractivity contribution in [3.63, 3.8) is 0 Å². The van der Waals surface area contributed by atoms with Crippen LogP contribution >= 0.6 is 0 Å². The number of hydrogen-bond acceptors (Lipinski definition) is 1. The molecule has 1 radical (unpaired) electrons. The molecule has 1 aliphatic rings. The number of rotatable bonds is 4. The minimum absolute atomic E-state index is 0.154. The Kier molecular flexibility index (Phi) is 4.74. The van der Waals surface area contributed by atoms with Gasteiger partial charge in [0.25, 0.3) is 0 Å². The molecule has 0 aromatic heterocycles. The molecule has 1 nitrogen and oxygen atoms in total. The lowest BCUT2D eigenvalue weighted by atomic mass is 9.99. The maximum absolute atomic E-state index is 13.4. The first-order chi connectivity index (χ1) is 11.5. The van der Waals surface area contributed by atoms with Gasteiger partial charge in [-0.2, -0.15) is 13.2 Å². The highest BCUT2D eigenvalue weighted by molar-refractivity contribution is 5.69. The molecular formula is C20H16F3O. The van der Waals surface area contributed by atoms with Gasteiger partial charge in [0.15, 0.2) is 0 Å². The van der Waals surface area contributed by atoms with Crippen LogP contribution in [0.4, 0.5) is 13.2 Å². The molecule has 0 saturated heterocycles. The first kappa shape index (κ1) is 16.4. The molecule has 1 aliphatic carbocycles. The van der Waals surface area contributed by atoms with E-state index in [4.69, 9.17) is 4.74 Å². The van der Waals surface area contributed by atoms with E-state index < -0.39 is 11.7 Å². The zero-order chi connectivity index (χ0) is 17.0. The van der Waals surface area contributed by atoms with Crippen LogP contribution in [0.25, 0.3) is 11.1 Å². The third-order valence-electron chi connectivity index (χ3n) is 3.75. The Hall–Kier alpha value is -2.49. The van der Waals surface area contributed by atoms with Crippen LogP contribution in [0.5, 0.6) is 5.75 Å². The number of halogens is 3.